The van der Waals surface area contributed by atoms with Crippen molar-refractivity contribution in [1.29, 1.82) is 26.3 Å². The number of hydrogen-bond donors (Lipinski definition) is 0. The first-order valence-electron chi connectivity index (χ1n) is 19.9. The minimum Gasteiger partial charge on any atom is -0.309 e. The molecule has 2 heterocycles. The molecule has 0 fully saturated rings. The molecule has 8 aromatic carbocycles. The molecule has 0 saturated heterocycles. The quantitative estimate of drug-likeness (QED) is 0.171. The van der Waals surface area contributed by atoms with Crippen molar-refractivity contribution in [3.8, 4) is 75.1 Å². The van der Waals surface area contributed by atoms with E-state index >= 15 is 13.2 Å². The summed E-state index contributed by atoms with van der Waals surface area (Å²) in [5.41, 5.74) is 6.69. The van der Waals surface area contributed by atoms with Crippen LogP contribution in [0.15, 0.2) is 158 Å². The maximum atomic E-state index is 15.7. The first-order valence-corrected chi connectivity index (χ1v) is 19.9. The lowest BCUT2D eigenvalue weighted by Crippen LogP contribution is -2.11. The molecule has 0 unspecified atom stereocenters. The second-order valence-electron chi connectivity index (χ2n) is 15.3. The van der Waals surface area contributed by atoms with Gasteiger partial charge in [0.2, 0.25) is 0 Å². The molecule has 0 bridgehead atoms. The van der Waals surface area contributed by atoms with Gasteiger partial charge in [-0.1, -0.05) is 54.6 Å². The highest BCUT2D eigenvalue weighted by Gasteiger charge is 2.36. The van der Waals surface area contributed by atoms with Crippen LogP contribution in [0.4, 0.5) is 13.2 Å². The molecule has 298 valence electrons. The second-order valence-corrected chi connectivity index (χ2v) is 15.3. The van der Waals surface area contributed by atoms with Crippen LogP contribution >= 0.6 is 0 Å². The third-order valence-corrected chi connectivity index (χ3v) is 11.6. The minimum atomic E-state index is -4.82. The van der Waals surface area contributed by atoms with E-state index < -0.39 is 11.7 Å². The van der Waals surface area contributed by atoms with Crippen LogP contribution in [0.2, 0.25) is 0 Å². The van der Waals surface area contributed by atoms with Crippen LogP contribution < -0.4 is 0 Å². The molecule has 0 spiro atoms. The Bertz CT molecular complexity index is 3790. The zero-order valence-electron chi connectivity index (χ0n) is 33.3. The number of para-hydroxylation sites is 2. The number of halogens is 3. The van der Waals surface area contributed by atoms with Crippen molar-refractivity contribution in [2.24, 2.45) is 0 Å². The molecule has 10 rings (SSSR count). The molecule has 64 heavy (non-hydrogen) atoms. The third kappa shape index (κ3) is 6.26. The van der Waals surface area contributed by atoms with Gasteiger partial charge in [0.15, 0.2) is 0 Å². The summed E-state index contributed by atoms with van der Waals surface area (Å²) in [4.78, 5) is 0. The van der Waals surface area contributed by atoms with E-state index in [4.69, 9.17) is 0 Å². The van der Waals surface area contributed by atoms with E-state index in [2.05, 4.69) is 30.3 Å². The fourth-order valence-corrected chi connectivity index (χ4v) is 8.92. The third-order valence-electron chi connectivity index (χ3n) is 11.6. The van der Waals surface area contributed by atoms with E-state index in [9.17, 15) is 26.3 Å². The SMILES string of the molecule is N#Cc1cc(C#N)cc(-c2ccc3c(c2)c2ccccc2n3-c2ccc(C#N)cc2-c2c(-n3c4ccccc4c4cc(-c5cc(C#N)cc(C#N)c5)ccc43)cccc2C(F)(F)F)c1. The van der Waals surface area contributed by atoms with Crippen molar-refractivity contribution in [2.45, 2.75) is 6.18 Å². The maximum absolute atomic E-state index is 15.7. The fraction of sp³-hybridized carbons (Fsp3) is 0.0185. The van der Waals surface area contributed by atoms with Crippen LogP contribution in [0.3, 0.4) is 0 Å². The smallest absolute Gasteiger partial charge is 0.309 e. The summed E-state index contributed by atoms with van der Waals surface area (Å²) in [6, 6.07) is 55.7. The summed E-state index contributed by atoms with van der Waals surface area (Å²) < 4.78 is 50.7. The predicted octanol–water partition coefficient (Wildman–Crippen LogP) is 13.3. The minimum absolute atomic E-state index is 0.130. The summed E-state index contributed by atoms with van der Waals surface area (Å²) in [6.45, 7) is 0. The van der Waals surface area contributed by atoms with Crippen LogP contribution in [0.25, 0.3) is 88.4 Å². The molecule has 2 aromatic heterocycles. The Balaban J connectivity index is 1.26. The fourth-order valence-electron chi connectivity index (χ4n) is 8.92. The number of nitrogens with zero attached hydrogens (tertiary/aromatic N) is 7. The van der Waals surface area contributed by atoms with Gasteiger partial charge in [0, 0.05) is 32.7 Å². The summed E-state index contributed by atoms with van der Waals surface area (Å²) in [7, 11) is 0. The lowest BCUT2D eigenvalue weighted by Gasteiger charge is -2.22. The van der Waals surface area contributed by atoms with Crippen LogP contribution in [0.5, 0.6) is 0 Å². The monoisotopic (exact) mass is 829 g/mol. The highest BCUT2D eigenvalue weighted by Crippen LogP contribution is 2.47. The largest absolute Gasteiger partial charge is 0.417 e. The van der Waals surface area contributed by atoms with Crippen molar-refractivity contribution < 1.29 is 13.2 Å². The van der Waals surface area contributed by atoms with E-state index in [1.165, 1.54) is 24.3 Å². The zero-order chi connectivity index (χ0) is 44.3. The summed E-state index contributed by atoms with van der Waals surface area (Å²) in [6.07, 6.45) is -4.82. The van der Waals surface area contributed by atoms with Gasteiger partial charge in [-0.15, -0.1) is 0 Å². The van der Waals surface area contributed by atoms with E-state index in [0.29, 0.717) is 61.1 Å². The van der Waals surface area contributed by atoms with Crippen molar-refractivity contribution >= 4 is 43.6 Å². The zero-order valence-corrected chi connectivity index (χ0v) is 33.3. The average Bonchev–Trinajstić information content (AvgIpc) is 3.84. The molecule has 0 atom stereocenters. The molecule has 0 saturated carbocycles. The maximum Gasteiger partial charge on any atom is 0.417 e. The van der Waals surface area contributed by atoms with Gasteiger partial charge in [-0.25, -0.2) is 0 Å². The lowest BCUT2D eigenvalue weighted by molar-refractivity contribution is -0.137. The van der Waals surface area contributed by atoms with Gasteiger partial charge in [-0.2, -0.15) is 39.5 Å². The van der Waals surface area contributed by atoms with E-state index in [1.807, 2.05) is 94.1 Å². The first kappa shape index (κ1) is 38.8. The number of rotatable bonds is 5. The van der Waals surface area contributed by atoms with E-state index in [0.717, 1.165) is 38.7 Å². The molecule has 10 heteroatoms. The Labute approximate surface area is 363 Å². The van der Waals surface area contributed by atoms with Gasteiger partial charge in [-0.05, 0) is 125 Å². The summed E-state index contributed by atoms with van der Waals surface area (Å²) in [5, 5.41) is 52.2. The average molecular weight is 830 g/mol. The van der Waals surface area contributed by atoms with Gasteiger partial charge in [0.25, 0.3) is 0 Å². The van der Waals surface area contributed by atoms with Gasteiger partial charge >= 0.3 is 6.18 Å². The van der Waals surface area contributed by atoms with Crippen molar-refractivity contribution in [3.05, 3.63) is 191 Å². The highest BCUT2D eigenvalue weighted by molar-refractivity contribution is 6.13. The van der Waals surface area contributed by atoms with Gasteiger partial charge < -0.3 is 9.13 Å². The predicted molar refractivity (Wildman–Crippen MR) is 240 cm³/mol. The second kappa shape index (κ2) is 14.9. The molecule has 10 aromatic rings. The molecule has 0 aliphatic heterocycles. The molecule has 0 aliphatic carbocycles. The molecular weight excluding hydrogens is 804 g/mol. The van der Waals surface area contributed by atoms with Gasteiger partial charge in [0.1, 0.15) is 0 Å². The normalized spacial score (nSPS) is 11.3. The first-order chi connectivity index (χ1) is 31.1. The molecular formula is C54H26F3N7. The topological polar surface area (TPSA) is 129 Å². The number of hydrogen-bond acceptors (Lipinski definition) is 5. The Morgan fingerprint density at radius 3 is 1.28 bits per heavy atom. The van der Waals surface area contributed by atoms with Crippen LogP contribution in [-0.2, 0) is 6.18 Å². The molecule has 0 amide bonds. The van der Waals surface area contributed by atoms with Crippen molar-refractivity contribution in [2.75, 3.05) is 0 Å². The Morgan fingerprint density at radius 1 is 0.359 bits per heavy atom. The number of benzene rings is 8. The van der Waals surface area contributed by atoms with Gasteiger partial charge in [0.05, 0.1) is 97.2 Å². The molecule has 0 aliphatic rings. The number of fused-ring (bicyclic) bond motifs is 6. The van der Waals surface area contributed by atoms with Gasteiger partial charge in [-0.3, -0.25) is 0 Å². The number of nitriles is 5. The van der Waals surface area contributed by atoms with Crippen LogP contribution in [0.1, 0.15) is 33.4 Å². The highest BCUT2D eigenvalue weighted by atomic mass is 19.4. The van der Waals surface area contributed by atoms with Crippen molar-refractivity contribution in [3.63, 3.8) is 0 Å². The van der Waals surface area contributed by atoms with E-state index in [-0.39, 0.29) is 22.4 Å². The van der Waals surface area contributed by atoms with Crippen LogP contribution in [-0.4, -0.2) is 9.13 Å². The molecule has 0 N–H and O–H groups in total. The standard InChI is InChI=1S/C54H26F3N7/c55-54(56,57)46-8-5-11-52(64-48-10-4-2-7-42(48)44-26-38(14-17-50(44)64)40-22-35(30-61)19-36(23-40)31-62)53(46)45-24-32(27-58)12-15-51(45)63-47-9-3-1-6-41(47)43-25-37(13-16-49(43)63)39-20-33(28-59)18-34(21-39)29-60/h1-26H. The summed E-state index contributed by atoms with van der Waals surface area (Å²) in [5.74, 6) is 0. The lowest BCUT2D eigenvalue weighted by atomic mass is 9.93. The van der Waals surface area contributed by atoms with Crippen molar-refractivity contribution in [1.82, 2.24) is 9.13 Å². The summed E-state index contributed by atoms with van der Waals surface area (Å²) >= 11 is 0. The number of alkyl halides is 3. The Hall–Kier alpha value is -9.40. The molecule has 0 radical (unpaired) electrons. The Kier molecular flexibility index (Phi) is 9.06. The number of aromatic nitrogens is 2. The van der Waals surface area contributed by atoms with Crippen LogP contribution in [0, 0.1) is 56.7 Å². The Morgan fingerprint density at radius 2 is 0.812 bits per heavy atom. The van der Waals surface area contributed by atoms with E-state index in [1.54, 1.807) is 42.5 Å². The molecule has 7 nitrogen and oxygen atoms in total.